The molecule has 0 saturated heterocycles. The number of carbonyl (C=O) groups excluding carboxylic acids is 1. The Morgan fingerprint density at radius 1 is 1.23 bits per heavy atom. The van der Waals surface area contributed by atoms with Crippen molar-refractivity contribution in [2.45, 2.75) is 51.4 Å². The van der Waals surface area contributed by atoms with Crippen LogP contribution in [0.25, 0.3) is 0 Å². The molecule has 1 amide bonds. The largest absolute Gasteiger partial charge is 0.573 e. The fraction of sp³-hybridized carbons (Fsp3) is 0.562. The molecule has 1 aromatic rings. The first-order chi connectivity index (χ1) is 11.8. The molecule has 0 spiro atoms. The lowest BCUT2D eigenvalue weighted by atomic mass is 10.0. The number of amides is 1. The fourth-order valence-electron chi connectivity index (χ4n) is 1.95. The molecule has 0 heterocycles. The third kappa shape index (κ3) is 7.87. The summed E-state index contributed by atoms with van der Waals surface area (Å²) < 4.78 is 59.0. The summed E-state index contributed by atoms with van der Waals surface area (Å²) in [5.74, 6) is -1.74. The number of alkyl carbamates (subject to hydrolysis) is 1. The van der Waals surface area contributed by atoms with Gasteiger partial charge in [-0.25, -0.2) is 9.18 Å². The van der Waals surface area contributed by atoms with Gasteiger partial charge in [0.25, 0.3) is 0 Å². The first kappa shape index (κ1) is 22.0. The van der Waals surface area contributed by atoms with Gasteiger partial charge in [0.15, 0.2) is 0 Å². The molecule has 148 valence electrons. The second-order valence-electron chi connectivity index (χ2n) is 6.46. The molecular formula is C16H21F4NO5. The number of benzene rings is 1. The van der Waals surface area contributed by atoms with Gasteiger partial charge >= 0.3 is 12.5 Å². The van der Waals surface area contributed by atoms with Gasteiger partial charge in [0.1, 0.15) is 23.3 Å². The van der Waals surface area contributed by atoms with Gasteiger partial charge in [-0.2, -0.15) is 0 Å². The lowest BCUT2D eigenvalue weighted by Gasteiger charge is -2.21. The zero-order chi connectivity index (χ0) is 20.1. The first-order valence-corrected chi connectivity index (χ1v) is 7.66. The third-order valence-corrected chi connectivity index (χ3v) is 2.99. The molecule has 1 rings (SSSR count). The van der Waals surface area contributed by atoms with E-state index in [0.717, 1.165) is 6.07 Å². The molecule has 10 heteroatoms. The van der Waals surface area contributed by atoms with E-state index in [4.69, 9.17) is 4.74 Å². The second kappa shape index (κ2) is 8.54. The molecule has 0 radical (unpaired) electrons. The van der Waals surface area contributed by atoms with Gasteiger partial charge in [-0.05, 0) is 45.4 Å². The molecular weight excluding hydrogens is 362 g/mol. The molecule has 2 unspecified atom stereocenters. The molecule has 0 aliphatic carbocycles. The van der Waals surface area contributed by atoms with Crippen molar-refractivity contribution < 1.29 is 42.0 Å². The van der Waals surface area contributed by atoms with Crippen molar-refractivity contribution in [2.24, 2.45) is 0 Å². The Balaban J connectivity index is 2.66. The van der Waals surface area contributed by atoms with E-state index in [1.54, 1.807) is 20.8 Å². The lowest BCUT2D eigenvalue weighted by Crippen LogP contribution is -2.34. The molecule has 0 saturated carbocycles. The smallest absolute Gasteiger partial charge is 0.444 e. The first-order valence-electron chi connectivity index (χ1n) is 7.66. The number of ether oxygens (including phenoxy) is 2. The monoisotopic (exact) mass is 383 g/mol. The van der Waals surface area contributed by atoms with Gasteiger partial charge in [0.2, 0.25) is 0 Å². The number of aliphatic hydroxyl groups is 2. The molecule has 2 atom stereocenters. The summed E-state index contributed by atoms with van der Waals surface area (Å²) in [6.45, 7) is 4.87. The number of hydrogen-bond donors (Lipinski definition) is 3. The van der Waals surface area contributed by atoms with Crippen LogP contribution in [0, 0.1) is 5.82 Å². The minimum Gasteiger partial charge on any atom is -0.444 e. The maximum atomic E-state index is 13.8. The van der Waals surface area contributed by atoms with Crippen LogP contribution < -0.4 is 10.1 Å². The highest BCUT2D eigenvalue weighted by molar-refractivity contribution is 5.67. The van der Waals surface area contributed by atoms with Crippen LogP contribution in [0.3, 0.4) is 0 Å². The van der Waals surface area contributed by atoms with Gasteiger partial charge in [-0.3, -0.25) is 0 Å². The Hall–Kier alpha value is -2.07. The van der Waals surface area contributed by atoms with E-state index in [2.05, 4.69) is 10.1 Å². The molecule has 0 bridgehead atoms. The van der Waals surface area contributed by atoms with Crippen molar-refractivity contribution in [1.29, 1.82) is 0 Å². The van der Waals surface area contributed by atoms with Gasteiger partial charge in [0.05, 0.1) is 6.10 Å². The van der Waals surface area contributed by atoms with Crippen molar-refractivity contribution >= 4 is 6.09 Å². The summed E-state index contributed by atoms with van der Waals surface area (Å²) in [4.78, 5) is 11.5. The van der Waals surface area contributed by atoms with E-state index in [9.17, 15) is 32.6 Å². The summed E-state index contributed by atoms with van der Waals surface area (Å²) >= 11 is 0. The quantitative estimate of drug-likeness (QED) is 0.658. The molecule has 0 fully saturated rings. The van der Waals surface area contributed by atoms with Crippen molar-refractivity contribution in [3.05, 3.63) is 29.6 Å². The van der Waals surface area contributed by atoms with Crippen molar-refractivity contribution in [2.75, 3.05) is 6.54 Å². The summed E-state index contributed by atoms with van der Waals surface area (Å²) in [5.41, 5.74) is -1.28. The maximum absolute atomic E-state index is 13.8. The number of hydrogen-bond acceptors (Lipinski definition) is 5. The summed E-state index contributed by atoms with van der Waals surface area (Å²) in [6.07, 6.45) is -9.26. The summed E-state index contributed by atoms with van der Waals surface area (Å²) in [5, 5.41) is 22.2. The van der Waals surface area contributed by atoms with Gasteiger partial charge in [-0.15, -0.1) is 13.2 Å². The fourth-order valence-corrected chi connectivity index (χ4v) is 1.95. The van der Waals surface area contributed by atoms with Crippen LogP contribution in [0.4, 0.5) is 22.4 Å². The van der Waals surface area contributed by atoms with E-state index < -0.39 is 47.4 Å². The SMILES string of the molecule is CC(C)(C)OC(=O)NCCC(O)C(O)c1cc(OC(F)(F)F)ccc1F. The van der Waals surface area contributed by atoms with Gasteiger partial charge < -0.3 is 25.0 Å². The molecule has 0 aliphatic rings. The predicted molar refractivity (Wildman–Crippen MR) is 82.9 cm³/mol. The topological polar surface area (TPSA) is 88.0 Å². The van der Waals surface area contributed by atoms with E-state index in [-0.39, 0.29) is 13.0 Å². The third-order valence-electron chi connectivity index (χ3n) is 2.99. The van der Waals surface area contributed by atoms with Crippen molar-refractivity contribution in [1.82, 2.24) is 5.32 Å². The summed E-state index contributed by atoms with van der Waals surface area (Å²) in [7, 11) is 0. The van der Waals surface area contributed by atoms with E-state index in [0.29, 0.717) is 12.1 Å². The van der Waals surface area contributed by atoms with Crippen LogP contribution in [0.2, 0.25) is 0 Å². The summed E-state index contributed by atoms with van der Waals surface area (Å²) in [6, 6.07) is 2.08. The van der Waals surface area contributed by atoms with Crippen LogP contribution in [-0.2, 0) is 4.74 Å². The van der Waals surface area contributed by atoms with Gasteiger partial charge in [-0.1, -0.05) is 0 Å². The van der Waals surface area contributed by atoms with E-state index in [1.165, 1.54) is 0 Å². The van der Waals surface area contributed by atoms with Crippen LogP contribution >= 0.6 is 0 Å². The number of rotatable bonds is 6. The average Bonchev–Trinajstić information content (AvgIpc) is 2.45. The van der Waals surface area contributed by atoms with E-state index >= 15 is 0 Å². The number of alkyl halides is 3. The predicted octanol–water partition coefficient (Wildman–Crippen LogP) is 3.03. The number of nitrogens with one attached hydrogen (secondary N) is 1. The Kier molecular flexibility index (Phi) is 7.22. The highest BCUT2D eigenvalue weighted by Gasteiger charge is 2.32. The van der Waals surface area contributed by atoms with Crippen molar-refractivity contribution in [3.63, 3.8) is 0 Å². The normalized spacial score (nSPS) is 14.5. The highest BCUT2D eigenvalue weighted by Crippen LogP contribution is 2.29. The van der Waals surface area contributed by atoms with Crippen LogP contribution in [0.15, 0.2) is 18.2 Å². The minimum atomic E-state index is -4.98. The number of halogens is 4. The molecule has 6 nitrogen and oxygen atoms in total. The van der Waals surface area contributed by atoms with Crippen LogP contribution in [-0.4, -0.2) is 40.9 Å². The minimum absolute atomic E-state index is 0.104. The molecule has 0 aliphatic heterocycles. The maximum Gasteiger partial charge on any atom is 0.573 e. The average molecular weight is 383 g/mol. The Labute approximate surface area is 147 Å². The molecule has 26 heavy (non-hydrogen) atoms. The number of carbonyl (C=O) groups is 1. The van der Waals surface area contributed by atoms with Crippen LogP contribution in [0.1, 0.15) is 38.9 Å². The molecule has 0 aromatic heterocycles. The molecule has 1 aromatic carbocycles. The number of aliphatic hydroxyl groups excluding tert-OH is 2. The zero-order valence-electron chi connectivity index (χ0n) is 14.4. The Bertz CT molecular complexity index is 616. The Morgan fingerprint density at radius 2 is 1.85 bits per heavy atom. The molecule has 3 N–H and O–H groups in total. The Morgan fingerprint density at radius 3 is 2.38 bits per heavy atom. The zero-order valence-corrected chi connectivity index (χ0v) is 14.4. The highest BCUT2D eigenvalue weighted by atomic mass is 19.4. The standard InChI is InChI=1S/C16H21F4NO5/c1-15(2,3)26-14(24)21-7-6-12(22)13(23)10-8-9(4-5-11(10)17)25-16(18,19)20/h4-5,8,12-13,22-23H,6-7H2,1-3H3,(H,21,24). The van der Waals surface area contributed by atoms with Crippen molar-refractivity contribution in [3.8, 4) is 5.75 Å². The van der Waals surface area contributed by atoms with Crippen LogP contribution in [0.5, 0.6) is 5.75 Å². The second-order valence-corrected chi connectivity index (χ2v) is 6.46. The lowest BCUT2D eigenvalue weighted by molar-refractivity contribution is -0.274. The van der Waals surface area contributed by atoms with Gasteiger partial charge in [0, 0.05) is 12.1 Å². The van der Waals surface area contributed by atoms with E-state index in [1.807, 2.05) is 0 Å².